The fraction of sp³-hybridized carbons (Fsp3) is 0.267. The molecule has 0 N–H and O–H groups in total. The molecule has 0 aliphatic carbocycles. The van der Waals surface area contributed by atoms with Gasteiger partial charge in [0.25, 0.3) is 0 Å². The van der Waals surface area contributed by atoms with Gasteiger partial charge in [-0.15, -0.1) is 10.2 Å². The van der Waals surface area contributed by atoms with E-state index < -0.39 is 5.25 Å². The maximum Gasteiger partial charge on any atom is 0.236 e. The van der Waals surface area contributed by atoms with Gasteiger partial charge in [0.15, 0.2) is 5.65 Å². The van der Waals surface area contributed by atoms with Crippen molar-refractivity contribution in [2.45, 2.75) is 30.8 Å². The number of fused-ring (bicyclic) bond motifs is 3. The van der Waals surface area contributed by atoms with E-state index in [0.717, 1.165) is 16.5 Å². The van der Waals surface area contributed by atoms with Crippen LogP contribution in [0.5, 0.6) is 0 Å². The number of nitrogens with zero attached hydrogens (tertiary/aromatic N) is 6. The number of carbonyl (C=O) groups excluding carboxylic acids is 1. The SMILES string of the molecule is Cc1ccc2c(c1)c1nnc(SC(C)C(=O)N3CCN(c4ccccc4F)CC3)nc1n2Cc1ccccc1F. The minimum atomic E-state index is -0.439. The number of rotatable bonds is 6. The molecule has 2 aromatic heterocycles. The number of anilines is 1. The summed E-state index contributed by atoms with van der Waals surface area (Å²) in [4.78, 5) is 21.9. The van der Waals surface area contributed by atoms with E-state index in [1.807, 2.05) is 53.6 Å². The highest BCUT2D eigenvalue weighted by Gasteiger charge is 2.27. The normalized spacial score (nSPS) is 14.7. The summed E-state index contributed by atoms with van der Waals surface area (Å²) in [7, 11) is 0. The van der Waals surface area contributed by atoms with Crippen LogP contribution in [-0.2, 0) is 11.3 Å². The van der Waals surface area contributed by atoms with Crippen molar-refractivity contribution in [2.24, 2.45) is 0 Å². The van der Waals surface area contributed by atoms with Crippen LogP contribution < -0.4 is 4.90 Å². The molecule has 5 aromatic rings. The summed E-state index contributed by atoms with van der Waals surface area (Å²) in [5, 5.41) is 9.69. The second-order valence-corrected chi connectivity index (χ2v) is 11.3. The van der Waals surface area contributed by atoms with E-state index in [1.54, 1.807) is 29.2 Å². The van der Waals surface area contributed by atoms with Gasteiger partial charge in [0.05, 0.1) is 23.0 Å². The Morgan fingerprint density at radius 1 is 0.950 bits per heavy atom. The van der Waals surface area contributed by atoms with Crippen molar-refractivity contribution in [3.05, 3.63) is 89.5 Å². The molecule has 10 heteroatoms. The van der Waals surface area contributed by atoms with Crippen molar-refractivity contribution in [1.29, 1.82) is 0 Å². The minimum Gasteiger partial charge on any atom is -0.366 e. The Balaban J connectivity index is 1.23. The second-order valence-electron chi connectivity index (χ2n) is 9.99. The molecule has 7 nitrogen and oxygen atoms in total. The summed E-state index contributed by atoms with van der Waals surface area (Å²) < 4.78 is 30.7. The highest BCUT2D eigenvalue weighted by atomic mass is 32.2. The number of halogens is 2. The fourth-order valence-corrected chi connectivity index (χ4v) is 6.00. The molecule has 3 aromatic carbocycles. The fourth-order valence-electron chi connectivity index (χ4n) is 5.20. The zero-order valence-corrected chi connectivity index (χ0v) is 23.0. The molecule has 1 unspecified atom stereocenters. The van der Waals surface area contributed by atoms with Crippen LogP contribution in [0.15, 0.2) is 71.9 Å². The Morgan fingerprint density at radius 2 is 1.68 bits per heavy atom. The van der Waals surface area contributed by atoms with Crippen LogP contribution in [0.3, 0.4) is 0 Å². The zero-order chi connectivity index (χ0) is 27.8. The number of aromatic nitrogens is 4. The minimum absolute atomic E-state index is 0.0237. The molecule has 0 radical (unpaired) electrons. The van der Waals surface area contributed by atoms with Crippen molar-refractivity contribution in [3.63, 3.8) is 0 Å². The first kappa shape index (κ1) is 26.2. The predicted molar refractivity (Wildman–Crippen MR) is 154 cm³/mol. The van der Waals surface area contributed by atoms with E-state index in [9.17, 15) is 13.6 Å². The highest BCUT2D eigenvalue weighted by Crippen LogP contribution is 2.30. The average Bonchev–Trinajstić information content (AvgIpc) is 3.26. The molecular weight excluding hydrogens is 530 g/mol. The van der Waals surface area contributed by atoms with Crippen molar-refractivity contribution in [2.75, 3.05) is 31.1 Å². The van der Waals surface area contributed by atoms with Crippen LogP contribution in [0.25, 0.3) is 22.1 Å². The number of amides is 1. The van der Waals surface area contributed by atoms with Crippen LogP contribution in [0.4, 0.5) is 14.5 Å². The number of hydrogen-bond donors (Lipinski definition) is 0. The molecule has 0 bridgehead atoms. The first-order valence-electron chi connectivity index (χ1n) is 13.2. The third kappa shape index (κ3) is 4.99. The number of thioether (sulfide) groups is 1. The van der Waals surface area contributed by atoms with Gasteiger partial charge in [-0.1, -0.05) is 53.7 Å². The van der Waals surface area contributed by atoms with Crippen molar-refractivity contribution in [1.82, 2.24) is 24.6 Å². The monoisotopic (exact) mass is 558 g/mol. The molecule has 0 saturated carbocycles. The van der Waals surface area contributed by atoms with E-state index >= 15 is 0 Å². The van der Waals surface area contributed by atoms with Crippen molar-refractivity contribution < 1.29 is 13.6 Å². The van der Waals surface area contributed by atoms with Crippen LogP contribution >= 0.6 is 11.8 Å². The highest BCUT2D eigenvalue weighted by molar-refractivity contribution is 8.00. The summed E-state index contributed by atoms with van der Waals surface area (Å²) in [6, 6.07) is 19.4. The van der Waals surface area contributed by atoms with Gasteiger partial charge >= 0.3 is 0 Å². The summed E-state index contributed by atoms with van der Waals surface area (Å²) in [5.41, 5.74) is 4.32. The first-order chi connectivity index (χ1) is 19.4. The Morgan fingerprint density at radius 3 is 2.42 bits per heavy atom. The van der Waals surface area contributed by atoms with Gasteiger partial charge in [0, 0.05) is 37.1 Å². The maximum atomic E-state index is 14.6. The average molecular weight is 559 g/mol. The Labute approximate surface area is 234 Å². The molecule has 1 aliphatic heterocycles. The topological polar surface area (TPSA) is 67.2 Å². The van der Waals surface area contributed by atoms with Gasteiger partial charge in [-0.25, -0.2) is 13.8 Å². The first-order valence-corrected chi connectivity index (χ1v) is 14.1. The Hall–Kier alpha value is -4.05. The van der Waals surface area contributed by atoms with Crippen molar-refractivity contribution in [3.8, 4) is 0 Å². The van der Waals surface area contributed by atoms with Crippen LogP contribution in [0.2, 0.25) is 0 Å². The number of piperazine rings is 1. The van der Waals surface area contributed by atoms with Gasteiger partial charge in [-0.3, -0.25) is 4.79 Å². The third-order valence-electron chi connectivity index (χ3n) is 7.30. The lowest BCUT2D eigenvalue weighted by Crippen LogP contribution is -2.50. The lowest BCUT2D eigenvalue weighted by atomic mass is 10.1. The molecule has 1 fully saturated rings. The van der Waals surface area contributed by atoms with E-state index in [2.05, 4.69) is 10.2 Å². The number of benzene rings is 3. The zero-order valence-electron chi connectivity index (χ0n) is 22.2. The van der Waals surface area contributed by atoms with E-state index in [-0.39, 0.29) is 17.5 Å². The lowest BCUT2D eigenvalue weighted by molar-refractivity contribution is -0.130. The van der Waals surface area contributed by atoms with Crippen LogP contribution in [-0.4, -0.2) is 62.0 Å². The molecule has 1 atom stereocenters. The smallest absolute Gasteiger partial charge is 0.236 e. The van der Waals surface area contributed by atoms with E-state index in [4.69, 9.17) is 4.98 Å². The molecule has 6 rings (SSSR count). The van der Waals surface area contributed by atoms with Gasteiger partial charge < -0.3 is 14.4 Å². The molecule has 1 aliphatic rings. The summed E-state index contributed by atoms with van der Waals surface area (Å²) >= 11 is 1.25. The molecule has 3 heterocycles. The predicted octanol–water partition coefficient (Wildman–Crippen LogP) is 5.44. The summed E-state index contributed by atoms with van der Waals surface area (Å²) in [6.07, 6.45) is 0. The quantitative estimate of drug-likeness (QED) is 0.259. The molecule has 40 heavy (non-hydrogen) atoms. The van der Waals surface area contributed by atoms with Crippen LogP contribution in [0, 0.1) is 18.6 Å². The van der Waals surface area contributed by atoms with Gasteiger partial charge in [-0.05, 0) is 44.2 Å². The Bertz CT molecular complexity index is 1720. The lowest BCUT2D eigenvalue weighted by Gasteiger charge is -2.37. The third-order valence-corrected chi connectivity index (χ3v) is 8.24. The van der Waals surface area contributed by atoms with Crippen molar-refractivity contribution >= 4 is 45.4 Å². The molecule has 1 saturated heterocycles. The maximum absolute atomic E-state index is 14.6. The summed E-state index contributed by atoms with van der Waals surface area (Å²) in [5.74, 6) is -0.561. The van der Waals surface area contributed by atoms with E-state index in [0.29, 0.717) is 60.3 Å². The summed E-state index contributed by atoms with van der Waals surface area (Å²) in [6.45, 7) is 6.27. The Kier molecular flexibility index (Phi) is 7.10. The number of aryl methyl sites for hydroxylation is 1. The van der Waals surface area contributed by atoms with Gasteiger partial charge in [0.2, 0.25) is 11.1 Å². The largest absolute Gasteiger partial charge is 0.366 e. The van der Waals surface area contributed by atoms with Gasteiger partial charge in [0.1, 0.15) is 17.2 Å². The number of carbonyl (C=O) groups is 1. The molecule has 1 amide bonds. The molecular formula is C30H28F2N6OS. The standard InChI is InChI=1S/C30H28F2N6OS/c1-19-11-12-25-22(17-19)27-28(38(25)18-21-7-3-4-8-23(21)31)33-30(35-34-27)40-20(2)29(39)37-15-13-36(14-16-37)26-10-6-5-9-24(26)32/h3-12,17,20H,13-16,18H2,1-2H3. The van der Waals surface area contributed by atoms with Crippen LogP contribution in [0.1, 0.15) is 18.1 Å². The number of para-hydroxylation sites is 1. The van der Waals surface area contributed by atoms with E-state index in [1.165, 1.54) is 23.9 Å². The van der Waals surface area contributed by atoms with Gasteiger partial charge in [-0.2, -0.15) is 0 Å². The molecule has 204 valence electrons. The number of hydrogen-bond acceptors (Lipinski definition) is 6. The second kappa shape index (κ2) is 10.8. The molecule has 0 spiro atoms.